The van der Waals surface area contributed by atoms with Crippen LogP contribution >= 0.6 is 11.5 Å². The van der Waals surface area contributed by atoms with Crippen molar-refractivity contribution in [1.29, 1.82) is 0 Å². The molecule has 1 aromatic carbocycles. The van der Waals surface area contributed by atoms with Crippen LogP contribution in [0.3, 0.4) is 0 Å². The Morgan fingerprint density at radius 3 is 2.65 bits per heavy atom. The van der Waals surface area contributed by atoms with Crippen LogP contribution in [0.2, 0.25) is 0 Å². The number of benzene rings is 1. The van der Waals surface area contributed by atoms with E-state index in [9.17, 15) is 4.79 Å². The highest BCUT2D eigenvalue weighted by atomic mass is 32.1. The Balaban J connectivity index is 2.30. The van der Waals surface area contributed by atoms with E-state index in [0.717, 1.165) is 24.1 Å². The van der Waals surface area contributed by atoms with Crippen molar-refractivity contribution >= 4 is 17.3 Å². The molecule has 17 heavy (non-hydrogen) atoms. The number of rotatable bonds is 4. The van der Waals surface area contributed by atoms with Crippen molar-refractivity contribution in [3.63, 3.8) is 0 Å². The Bertz CT molecular complexity index is 516. The number of aryl methyl sites for hydroxylation is 2. The van der Waals surface area contributed by atoms with E-state index in [1.807, 2.05) is 31.2 Å². The maximum Gasteiger partial charge on any atom is 0.206 e. The molecule has 1 aromatic heterocycles. The normalized spacial score (nSPS) is 10.5. The Morgan fingerprint density at radius 1 is 1.29 bits per heavy atom. The second-order valence-corrected chi connectivity index (χ2v) is 4.75. The zero-order valence-electron chi connectivity index (χ0n) is 9.93. The van der Waals surface area contributed by atoms with Gasteiger partial charge in [0, 0.05) is 5.56 Å². The summed E-state index contributed by atoms with van der Waals surface area (Å²) in [6.07, 6.45) is 1.78. The van der Waals surface area contributed by atoms with Crippen LogP contribution in [-0.4, -0.2) is 15.4 Å². The molecule has 0 N–H and O–H groups in total. The van der Waals surface area contributed by atoms with Gasteiger partial charge in [0.1, 0.15) is 4.88 Å². The van der Waals surface area contributed by atoms with Gasteiger partial charge in [0.25, 0.3) is 0 Å². The zero-order chi connectivity index (χ0) is 12.3. The lowest BCUT2D eigenvalue weighted by molar-refractivity contribution is 0.104. The molecule has 0 radical (unpaired) electrons. The van der Waals surface area contributed by atoms with E-state index in [2.05, 4.69) is 16.5 Å². The molecule has 0 saturated heterocycles. The standard InChI is InChI=1S/C13H14N2OS/c1-3-4-11-13(17-15-14-11)12(16)10-7-5-9(2)6-8-10/h5-8H,3-4H2,1-2H3. The third kappa shape index (κ3) is 2.58. The summed E-state index contributed by atoms with van der Waals surface area (Å²) in [5.41, 5.74) is 2.68. The second-order valence-electron chi connectivity index (χ2n) is 3.99. The van der Waals surface area contributed by atoms with E-state index >= 15 is 0 Å². The highest BCUT2D eigenvalue weighted by molar-refractivity contribution is 7.08. The molecule has 0 saturated carbocycles. The first-order valence-electron chi connectivity index (χ1n) is 5.65. The molecule has 0 amide bonds. The van der Waals surface area contributed by atoms with Gasteiger partial charge in [0.05, 0.1) is 5.69 Å². The molecule has 0 bridgehead atoms. The summed E-state index contributed by atoms with van der Waals surface area (Å²) in [6.45, 7) is 4.07. The van der Waals surface area contributed by atoms with Crippen LogP contribution in [0.15, 0.2) is 24.3 Å². The first-order chi connectivity index (χ1) is 8.22. The molecule has 3 nitrogen and oxygen atoms in total. The minimum atomic E-state index is 0.0310. The Kier molecular flexibility index (Phi) is 3.64. The van der Waals surface area contributed by atoms with Crippen molar-refractivity contribution < 1.29 is 4.79 Å². The van der Waals surface area contributed by atoms with Crippen molar-refractivity contribution in [3.05, 3.63) is 46.0 Å². The van der Waals surface area contributed by atoms with Crippen molar-refractivity contribution in [2.45, 2.75) is 26.7 Å². The third-order valence-corrected chi connectivity index (χ3v) is 3.33. The summed E-state index contributed by atoms with van der Waals surface area (Å²) < 4.78 is 3.88. The van der Waals surface area contributed by atoms with Gasteiger partial charge in [0.15, 0.2) is 0 Å². The first kappa shape index (κ1) is 11.9. The summed E-state index contributed by atoms with van der Waals surface area (Å²) in [6, 6.07) is 7.60. The lowest BCUT2D eigenvalue weighted by Crippen LogP contribution is -2.02. The lowest BCUT2D eigenvalue weighted by atomic mass is 10.1. The minimum Gasteiger partial charge on any atom is -0.288 e. The van der Waals surface area contributed by atoms with Crippen LogP contribution in [0, 0.1) is 6.92 Å². The number of ketones is 1. The molecule has 4 heteroatoms. The molecule has 2 rings (SSSR count). The van der Waals surface area contributed by atoms with Crippen molar-refractivity contribution in [1.82, 2.24) is 9.59 Å². The van der Waals surface area contributed by atoms with Gasteiger partial charge < -0.3 is 0 Å². The van der Waals surface area contributed by atoms with Crippen LogP contribution in [-0.2, 0) is 6.42 Å². The highest BCUT2D eigenvalue weighted by Gasteiger charge is 2.17. The molecular weight excluding hydrogens is 232 g/mol. The van der Waals surface area contributed by atoms with E-state index in [1.54, 1.807) is 0 Å². The van der Waals surface area contributed by atoms with Gasteiger partial charge in [0.2, 0.25) is 5.78 Å². The van der Waals surface area contributed by atoms with Crippen LogP contribution in [0.5, 0.6) is 0 Å². The molecule has 0 atom stereocenters. The van der Waals surface area contributed by atoms with Crippen molar-refractivity contribution in [2.75, 3.05) is 0 Å². The molecule has 0 aliphatic carbocycles. The Hall–Kier alpha value is -1.55. The van der Waals surface area contributed by atoms with E-state index in [0.29, 0.717) is 10.4 Å². The average molecular weight is 246 g/mol. The smallest absolute Gasteiger partial charge is 0.206 e. The molecule has 0 aliphatic heterocycles. The summed E-state index contributed by atoms with van der Waals surface area (Å²) >= 11 is 1.19. The zero-order valence-corrected chi connectivity index (χ0v) is 10.8. The van der Waals surface area contributed by atoms with Crippen LogP contribution in [0.25, 0.3) is 0 Å². The van der Waals surface area contributed by atoms with Crippen LogP contribution < -0.4 is 0 Å². The monoisotopic (exact) mass is 246 g/mol. The van der Waals surface area contributed by atoms with Gasteiger partial charge >= 0.3 is 0 Å². The van der Waals surface area contributed by atoms with Gasteiger partial charge in [-0.3, -0.25) is 4.79 Å². The number of carbonyl (C=O) groups excluding carboxylic acids is 1. The maximum absolute atomic E-state index is 12.2. The Morgan fingerprint density at radius 2 is 2.00 bits per heavy atom. The van der Waals surface area contributed by atoms with Crippen LogP contribution in [0.1, 0.15) is 39.8 Å². The fourth-order valence-electron chi connectivity index (χ4n) is 1.62. The predicted octanol–water partition coefficient (Wildman–Crippen LogP) is 3.03. The Labute approximate surface area is 105 Å². The minimum absolute atomic E-state index is 0.0310. The molecule has 88 valence electrons. The van der Waals surface area contributed by atoms with E-state index in [-0.39, 0.29) is 5.78 Å². The number of carbonyl (C=O) groups is 1. The van der Waals surface area contributed by atoms with Crippen molar-refractivity contribution in [3.8, 4) is 0 Å². The van der Waals surface area contributed by atoms with E-state index < -0.39 is 0 Å². The van der Waals surface area contributed by atoms with Gasteiger partial charge in [-0.1, -0.05) is 47.7 Å². The summed E-state index contributed by atoms with van der Waals surface area (Å²) in [5, 5.41) is 4.02. The lowest BCUT2D eigenvalue weighted by Gasteiger charge is -2.00. The largest absolute Gasteiger partial charge is 0.288 e. The number of hydrogen-bond donors (Lipinski definition) is 0. The van der Waals surface area contributed by atoms with Crippen molar-refractivity contribution in [2.24, 2.45) is 0 Å². The van der Waals surface area contributed by atoms with Gasteiger partial charge in [-0.2, -0.15) is 0 Å². The van der Waals surface area contributed by atoms with Gasteiger partial charge in [-0.25, -0.2) is 0 Å². The summed E-state index contributed by atoms with van der Waals surface area (Å²) in [5.74, 6) is 0.0310. The van der Waals surface area contributed by atoms with Gasteiger partial charge in [-0.15, -0.1) is 5.10 Å². The predicted molar refractivity (Wildman–Crippen MR) is 68.5 cm³/mol. The summed E-state index contributed by atoms with van der Waals surface area (Å²) in [7, 11) is 0. The third-order valence-electron chi connectivity index (χ3n) is 2.56. The first-order valence-corrected chi connectivity index (χ1v) is 6.42. The quantitative estimate of drug-likeness (QED) is 0.779. The highest BCUT2D eigenvalue weighted by Crippen LogP contribution is 2.18. The number of aromatic nitrogens is 2. The number of nitrogens with zero attached hydrogens (tertiary/aromatic N) is 2. The SMILES string of the molecule is CCCc1nnsc1C(=O)c1ccc(C)cc1. The van der Waals surface area contributed by atoms with E-state index in [1.165, 1.54) is 11.5 Å². The maximum atomic E-state index is 12.2. The molecule has 0 aliphatic rings. The molecular formula is C13H14N2OS. The molecule has 2 aromatic rings. The summed E-state index contributed by atoms with van der Waals surface area (Å²) in [4.78, 5) is 12.9. The topological polar surface area (TPSA) is 42.9 Å². The molecule has 1 heterocycles. The molecule has 0 unspecified atom stereocenters. The number of hydrogen-bond acceptors (Lipinski definition) is 4. The fraction of sp³-hybridized carbons (Fsp3) is 0.308. The van der Waals surface area contributed by atoms with E-state index in [4.69, 9.17) is 0 Å². The molecule has 0 spiro atoms. The van der Waals surface area contributed by atoms with Gasteiger partial charge in [-0.05, 0) is 24.9 Å². The second kappa shape index (κ2) is 5.19. The fourth-order valence-corrected chi connectivity index (χ4v) is 2.29. The molecule has 0 fully saturated rings. The average Bonchev–Trinajstić information content (AvgIpc) is 2.78. The van der Waals surface area contributed by atoms with Crippen LogP contribution in [0.4, 0.5) is 0 Å².